The monoisotopic (exact) mass is 394 g/mol. The van der Waals surface area contributed by atoms with Crippen LogP contribution in [0.2, 0.25) is 0 Å². The number of hydrogen-bond acceptors (Lipinski definition) is 7. The number of benzene rings is 2. The topological polar surface area (TPSA) is 118 Å². The maximum absolute atomic E-state index is 12.9. The highest BCUT2D eigenvalue weighted by molar-refractivity contribution is 5.92. The van der Waals surface area contributed by atoms with Crippen molar-refractivity contribution in [1.82, 2.24) is 10.1 Å². The van der Waals surface area contributed by atoms with Crippen LogP contribution in [0.1, 0.15) is 17.9 Å². The predicted molar refractivity (Wildman–Crippen MR) is 98.8 cm³/mol. The molecule has 0 radical (unpaired) electrons. The van der Waals surface area contributed by atoms with Crippen molar-refractivity contribution >= 4 is 17.6 Å². The van der Waals surface area contributed by atoms with E-state index in [2.05, 4.69) is 15.5 Å². The zero-order chi connectivity index (χ0) is 20.6. The number of nitriles is 1. The summed E-state index contributed by atoms with van der Waals surface area (Å²) in [6.07, 6.45) is 0.0844. The van der Waals surface area contributed by atoms with Crippen LogP contribution in [0, 0.1) is 17.1 Å². The standard InChI is InChI=1S/C20H15FN4O4/c21-15-6-4-14(5-7-15)20-24-18(29-25-20)8-9-19(27)28-12-17(26)23-16-3-1-2-13(10-16)11-22/h1-7,10H,8-9,12H2,(H,23,26). The summed E-state index contributed by atoms with van der Waals surface area (Å²) in [7, 11) is 0. The van der Waals surface area contributed by atoms with Gasteiger partial charge >= 0.3 is 5.97 Å². The van der Waals surface area contributed by atoms with Gasteiger partial charge in [-0.3, -0.25) is 9.59 Å². The number of anilines is 1. The first kappa shape index (κ1) is 19.7. The first-order valence-electron chi connectivity index (χ1n) is 8.57. The Morgan fingerprint density at radius 3 is 2.76 bits per heavy atom. The average Bonchev–Trinajstić information content (AvgIpc) is 3.20. The molecule has 0 atom stereocenters. The third-order valence-corrected chi connectivity index (χ3v) is 3.75. The number of carbonyl (C=O) groups excluding carboxylic acids is 2. The summed E-state index contributed by atoms with van der Waals surface area (Å²) < 4.78 is 22.9. The first-order valence-corrected chi connectivity index (χ1v) is 8.57. The van der Waals surface area contributed by atoms with Gasteiger partial charge in [0, 0.05) is 17.7 Å². The number of hydrogen-bond donors (Lipinski definition) is 1. The van der Waals surface area contributed by atoms with E-state index in [4.69, 9.17) is 14.5 Å². The molecule has 0 aliphatic carbocycles. The van der Waals surface area contributed by atoms with Crippen molar-refractivity contribution in [2.24, 2.45) is 0 Å². The van der Waals surface area contributed by atoms with Crippen LogP contribution < -0.4 is 5.32 Å². The molecule has 1 heterocycles. The van der Waals surface area contributed by atoms with E-state index in [1.165, 1.54) is 30.3 Å². The molecule has 0 spiro atoms. The molecule has 0 aliphatic rings. The Balaban J connectivity index is 1.43. The Kier molecular flexibility index (Phi) is 6.27. The van der Waals surface area contributed by atoms with Gasteiger partial charge in [0.2, 0.25) is 11.7 Å². The first-order chi connectivity index (χ1) is 14.0. The lowest BCUT2D eigenvalue weighted by molar-refractivity contribution is -0.147. The maximum atomic E-state index is 12.9. The van der Waals surface area contributed by atoms with Gasteiger partial charge < -0.3 is 14.6 Å². The number of nitrogens with one attached hydrogen (secondary N) is 1. The molecule has 0 saturated heterocycles. The van der Waals surface area contributed by atoms with Crippen molar-refractivity contribution in [3.63, 3.8) is 0 Å². The van der Waals surface area contributed by atoms with Crippen molar-refractivity contribution in [1.29, 1.82) is 5.26 Å². The minimum Gasteiger partial charge on any atom is -0.456 e. The van der Waals surface area contributed by atoms with Gasteiger partial charge in [-0.05, 0) is 42.5 Å². The number of aryl methyl sites for hydroxylation is 1. The molecule has 0 bridgehead atoms. The number of aromatic nitrogens is 2. The van der Waals surface area contributed by atoms with E-state index in [1.54, 1.807) is 18.2 Å². The van der Waals surface area contributed by atoms with Crippen molar-refractivity contribution in [2.75, 3.05) is 11.9 Å². The summed E-state index contributed by atoms with van der Waals surface area (Å²) >= 11 is 0. The molecule has 1 amide bonds. The van der Waals surface area contributed by atoms with E-state index in [0.29, 0.717) is 16.8 Å². The van der Waals surface area contributed by atoms with Crippen LogP contribution in [0.25, 0.3) is 11.4 Å². The van der Waals surface area contributed by atoms with Crippen molar-refractivity contribution in [2.45, 2.75) is 12.8 Å². The number of rotatable bonds is 7. The molecule has 146 valence electrons. The molecule has 3 rings (SSSR count). The van der Waals surface area contributed by atoms with Crippen LogP contribution in [0.5, 0.6) is 0 Å². The number of nitrogens with zero attached hydrogens (tertiary/aromatic N) is 3. The van der Waals surface area contributed by atoms with Gasteiger partial charge in [-0.1, -0.05) is 11.2 Å². The van der Waals surface area contributed by atoms with Gasteiger partial charge in [0.1, 0.15) is 5.82 Å². The van der Waals surface area contributed by atoms with Gasteiger partial charge in [0.25, 0.3) is 5.91 Å². The molecule has 1 aromatic heterocycles. The summed E-state index contributed by atoms with van der Waals surface area (Å²) in [5.41, 5.74) is 1.42. The Morgan fingerprint density at radius 2 is 2.00 bits per heavy atom. The summed E-state index contributed by atoms with van der Waals surface area (Å²) in [5, 5.41) is 15.2. The lowest BCUT2D eigenvalue weighted by Crippen LogP contribution is -2.21. The van der Waals surface area contributed by atoms with Crippen molar-refractivity contribution in [3.8, 4) is 17.5 Å². The van der Waals surface area contributed by atoms with Crippen LogP contribution in [0.3, 0.4) is 0 Å². The quantitative estimate of drug-likeness (QED) is 0.612. The summed E-state index contributed by atoms with van der Waals surface area (Å²) in [6, 6.07) is 13.9. The number of esters is 1. The van der Waals surface area contributed by atoms with Crippen LogP contribution in [-0.4, -0.2) is 28.6 Å². The average molecular weight is 394 g/mol. The molecule has 0 fully saturated rings. The maximum Gasteiger partial charge on any atom is 0.306 e. The third-order valence-electron chi connectivity index (χ3n) is 3.75. The second kappa shape index (κ2) is 9.23. The molecule has 0 saturated carbocycles. The Hall–Kier alpha value is -4.06. The van der Waals surface area contributed by atoms with Crippen molar-refractivity contribution in [3.05, 3.63) is 65.8 Å². The predicted octanol–water partition coefficient (Wildman–Crippen LogP) is 2.86. The van der Waals surface area contributed by atoms with E-state index < -0.39 is 18.5 Å². The van der Waals surface area contributed by atoms with E-state index >= 15 is 0 Å². The normalized spacial score (nSPS) is 10.2. The minimum absolute atomic E-state index is 0.0533. The van der Waals surface area contributed by atoms with Gasteiger partial charge in [-0.15, -0.1) is 0 Å². The molecule has 1 N–H and O–H groups in total. The van der Waals surface area contributed by atoms with E-state index in [0.717, 1.165) is 0 Å². The van der Waals surface area contributed by atoms with Crippen LogP contribution in [-0.2, 0) is 20.7 Å². The zero-order valence-electron chi connectivity index (χ0n) is 15.1. The third kappa shape index (κ3) is 5.71. The Labute approximate surface area is 164 Å². The highest BCUT2D eigenvalue weighted by atomic mass is 19.1. The molecule has 0 aliphatic heterocycles. The number of ether oxygens (including phenoxy) is 1. The highest BCUT2D eigenvalue weighted by Crippen LogP contribution is 2.16. The van der Waals surface area contributed by atoms with E-state index in [1.807, 2.05) is 6.07 Å². The van der Waals surface area contributed by atoms with Gasteiger partial charge in [-0.25, -0.2) is 4.39 Å². The van der Waals surface area contributed by atoms with Gasteiger partial charge in [0.05, 0.1) is 18.1 Å². The molecule has 29 heavy (non-hydrogen) atoms. The molecule has 3 aromatic rings. The summed E-state index contributed by atoms with van der Waals surface area (Å²) in [6.45, 7) is -0.458. The number of carbonyl (C=O) groups is 2. The van der Waals surface area contributed by atoms with Crippen LogP contribution >= 0.6 is 0 Å². The fraction of sp³-hybridized carbons (Fsp3) is 0.150. The molecule has 8 nitrogen and oxygen atoms in total. The van der Waals surface area contributed by atoms with Crippen molar-refractivity contribution < 1.29 is 23.2 Å². The largest absolute Gasteiger partial charge is 0.456 e. The zero-order valence-corrected chi connectivity index (χ0v) is 15.1. The molecular formula is C20H15FN4O4. The Bertz CT molecular complexity index is 1060. The van der Waals surface area contributed by atoms with E-state index in [9.17, 15) is 14.0 Å². The summed E-state index contributed by atoms with van der Waals surface area (Å²) in [4.78, 5) is 27.8. The molecule has 2 aromatic carbocycles. The highest BCUT2D eigenvalue weighted by Gasteiger charge is 2.13. The van der Waals surface area contributed by atoms with Crippen LogP contribution in [0.15, 0.2) is 53.1 Å². The number of halogens is 1. The number of amides is 1. The minimum atomic E-state index is -0.604. The molecular weight excluding hydrogens is 379 g/mol. The lowest BCUT2D eigenvalue weighted by atomic mass is 10.2. The second-order valence-electron chi connectivity index (χ2n) is 5.92. The molecule has 0 unspecified atom stereocenters. The van der Waals surface area contributed by atoms with E-state index in [-0.39, 0.29) is 30.4 Å². The second-order valence-corrected chi connectivity index (χ2v) is 5.92. The smallest absolute Gasteiger partial charge is 0.306 e. The Morgan fingerprint density at radius 1 is 1.21 bits per heavy atom. The fourth-order valence-electron chi connectivity index (χ4n) is 2.36. The lowest BCUT2D eigenvalue weighted by Gasteiger charge is -2.06. The van der Waals surface area contributed by atoms with Gasteiger partial charge in [0.15, 0.2) is 6.61 Å². The summed E-state index contributed by atoms with van der Waals surface area (Å²) in [5.74, 6) is -0.995. The fourth-order valence-corrected chi connectivity index (χ4v) is 2.36. The van der Waals surface area contributed by atoms with Gasteiger partial charge in [-0.2, -0.15) is 10.2 Å². The SMILES string of the molecule is N#Cc1cccc(NC(=O)COC(=O)CCc2nc(-c3ccc(F)cc3)no2)c1. The van der Waals surface area contributed by atoms with Crippen LogP contribution in [0.4, 0.5) is 10.1 Å². The molecule has 9 heteroatoms.